The van der Waals surface area contributed by atoms with Crippen molar-refractivity contribution >= 4 is 10.0 Å². The van der Waals surface area contributed by atoms with Crippen molar-refractivity contribution in [2.24, 2.45) is 0 Å². The zero-order valence-corrected chi connectivity index (χ0v) is 11.2. The predicted molar refractivity (Wildman–Crippen MR) is 65.4 cm³/mol. The second-order valence-electron chi connectivity index (χ2n) is 4.13. The van der Waals surface area contributed by atoms with Gasteiger partial charge < -0.3 is 9.84 Å². The van der Waals surface area contributed by atoms with Crippen molar-refractivity contribution in [3.63, 3.8) is 0 Å². The molecule has 0 amide bonds. The molecule has 6 nitrogen and oxygen atoms in total. The van der Waals surface area contributed by atoms with E-state index in [1.165, 1.54) is 11.4 Å². The maximum atomic E-state index is 11.9. The Morgan fingerprint density at radius 1 is 1.24 bits per heavy atom. The van der Waals surface area contributed by atoms with Crippen LogP contribution in [0.1, 0.15) is 6.42 Å². The number of nitrogens with zero attached hydrogens (tertiary/aromatic N) is 2. The average Bonchev–Trinajstić information content (AvgIpc) is 2.53. The van der Waals surface area contributed by atoms with Gasteiger partial charge in [0.15, 0.2) is 0 Å². The second kappa shape index (κ2) is 7.27. The summed E-state index contributed by atoms with van der Waals surface area (Å²) in [4.78, 5) is 2.09. The number of hydrogen-bond donors (Lipinski definition) is 1. The fraction of sp³-hybridized carbons (Fsp3) is 1.00. The number of ether oxygens (including phenoxy) is 1. The molecule has 0 saturated carbocycles. The molecule has 1 fully saturated rings. The molecule has 0 aliphatic carbocycles. The van der Waals surface area contributed by atoms with Crippen LogP contribution in [0.25, 0.3) is 0 Å². The van der Waals surface area contributed by atoms with E-state index in [1.54, 1.807) is 0 Å². The summed E-state index contributed by atoms with van der Waals surface area (Å²) in [5, 5.41) is 8.86. The zero-order chi connectivity index (χ0) is 12.7. The van der Waals surface area contributed by atoms with Gasteiger partial charge in [0.1, 0.15) is 0 Å². The average molecular weight is 266 g/mol. The quantitative estimate of drug-likeness (QED) is 0.665. The lowest BCUT2D eigenvalue weighted by Crippen LogP contribution is -2.37. The maximum Gasteiger partial charge on any atom is 0.216 e. The van der Waals surface area contributed by atoms with Gasteiger partial charge in [0.2, 0.25) is 10.0 Å². The Kier molecular flexibility index (Phi) is 6.35. The van der Waals surface area contributed by atoms with Crippen molar-refractivity contribution in [2.75, 3.05) is 58.8 Å². The number of β-amino-alcohol motifs (C(OH)–C–C–N with tert-alkyl or cyclic N) is 1. The van der Waals surface area contributed by atoms with Gasteiger partial charge in [-0.3, -0.25) is 4.90 Å². The van der Waals surface area contributed by atoms with E-state index >= 15 is 0 Å². The lowest BCUT2D eigenvalue weighted by Gasteiger charge is -2.20. The van der Waals surface area contributed by atoms with Gasteiger partial charge in [-0.15, -0.1) is 0 Å². The molecule has 1 heterocycles. The molecule has 1 rings (SSSR count). The van der Waals surface area contributed by atoms with Crippen LogP contribution in [0.15, 0.2) is 0 Å². The van der Waals surface area contributed by atoms with Crippen molar-refractivity contribution in [1.82, 2.24) is 9.21 Å². The number of aliphatic hydroxyl groups is 1. The zero-order valence-electron chi connectivity index (χ0n) is 10.3. The van der Waals surface area contributed by atoms with Gasteiger partial charge in [-0.25, -0.2) is 12.7 Å². The first-order valence-electron chi connectivity index (χ1n) is 5.90. The molecule has 0 unspecified atom stereocenters. The molecule has 102 valence electrons. The third kappa shape index (κ3) is 4.89. The third-order valence-electron chi connectivity index (χ3n) is 2.90. The third-order valence-corrected chi connectivity index (χ3v) is 4.74. The van der Waals surface area contributed by atoms with Crippen LogP contribution in [0.3, 0.4) is 0 Å². The van der Waals surface area contributed by atoms with Crippen molar-refractivity contribution in [2.45, 2.75) is 6.42 Å². The van der Waals surface area contributed by atoms with E-state index < -0.39 is 10.0 Å². The van der Waals surface area contributed by atoms with Crippen LogP contribution in [0.2, 0.25) is 0 Å². The molecule has 0 spiro atoms. The molecule has 17 heavy (non-hydrogen) atoms. The molecular formula is C10H22N2O4S. The predicted octanol–water partition coefficient (Wildman–Crippen LogP) is -1.04. The summed E-state index contributed by atoms with van der Waals surface area (Å²) in [6.45, 7) is 3.57. The van der Waals surface area contributed by atoms with E-state index in [0.717, 1.165) is 13.0 Å². The van der Waals surface area contributed by atoms with Gasteiger partial charge in [0, 0.05) is 33.3 Å². The number of methoxy groups -OCH3 is 1. The largest absolute Gasteiger partial charge is 0.395 e. The maximum absolute atomic E-state index is 11.9. The van der Waals surface area contributed by atoms with Crippen LogP contribution in [-0.2, 0) is 14.8 Å². The van der Waals surface area contributed by atoms with Gasteiger partial charge >= 0.3 is 0 Å². The first kappa shape index (κ1) is 14.8. The smallest absolute Gasteiger partial charge is 0.216 e. The van der Waals surface area contributed by atoms with Crippen LogP contribution in [-0.4, -0.2) is 81.5 Å². The summed E-state index contributed by atoms with van der Waals surface area (Å²) in [6.07, 6.45) is 0.812. The van der Waals surface area contributed by atoms with Gasteiger partial charge in [-0.1, -0.05) is 0 Å². The Hall–Kier alpha value is -0.210. The highest BCUT2D eigenvalue weighted by Gasteiger charge is 2.24. The minimum absolute atomic E-state index is 0.0451. The van der Waals surface area contributed by atoms with Crippen LogP contribution < -0.4 is 0 Å². The first-order chi connectivity index (χ1) is 8.10. The summed E-state index contributed by atoms with van der Waals surface area (Å²) in [7, 11) is -1.69. The van der Waals surface area contributed by atoms with Crippen LogP contribution in [0.5, 0.6) is 0 Å². The van der Waals surface area contributed by atoms with E-state index in [1.807, 2.05) is 0 Å². The summed E-state index contributed by atoms with van der Waals surface area (Å²) in [5.74, 6) is 0.0451. The highest BCUT2D eigenvalue weighted by molar-refractivity contribution is 7.89. The fourth-order valence-corrected chi connectivity index (χ4v) is 3.31. The van der Waals surface area contributed by atoms with Crippen LogP contribution in [0.4, 0.5) is 0 Å². The lowest BCUT2D eigenvalue weighted by molar-refractivity contribution is 0.201. The first-order valence-corrected chi connectivity index (χ1v) is 7.51. The summed E-state index contributed by atoms with van der Waals surface area (Å²) < 4.78 is 30.2. The monoisotopic (exact) mass is 266 g/mol. The minimum atomic E-state index is -3.19. The molecule has 0 atom stereocenters. The van der Waals surface area contributed by atoms with Crippen LogP contribution in [0, 0.1) is 0 Å². The van der Waals surface area contributed by atoms with Crippen molar-refractivity contribution < 1.29 is 18.3 Å². The summed E-state index contributed by atoms with van der Waals surface area (Å²) >= 11 is 0. The molecule has 1 N–H and O–H groups in total. The van der Waals surface area contributed by atoms with Crippen molar-refractivity contribution in [3.05, 3.63) is 0 Å². The molecule has 0 aromatic heterocycles. The molecule has 1 aliphatic rings. The molecule has 0 aromatic carbocycles. The van der Waals surface area contributed by atoms with E-state index in [0.29, 0.717) is 26.2 Å². The minimum Gasteiger partial charge on any atom is -0.395 e. The standard InChI is InChI=1S/C10H22N2O4S/c1-16-9-10-17(14,15)12-4-2-3-11(5-6-12)7-8-13/h13H,2-10H2,1H3. The fourth-order valence-electron chi connectivity index (χ4n) is 1.91. The summed E-state index contributed by atoms with van der Waals surface area (Å²) in [6, 6.07) is 0. The van der Waals surface area contributed by atoms with Crippen molar-refractivity contribution in [3.8, 4) is 0 Å². The number of aliphatic hydroxyl groups excluding tert-OH is 1. The van der Waals surface area contributed by atoms with Gasteiger partial charge in [0.25, 0.3) is 0 Å². The van der Waals surface area contributed by atoms with Gasteiger partial charge in [-0.05, 0) is 13.0 Å². The van der Waals surface area contributed by atoms with E-state index in [4.69, 9.17) is 9.84 Å². The molecule has 0 aromatic rings. The van der Waals surface area contributed by atoms with Crippen LogP contribution >= 0.6 is 0 Å². The Morgan fingerprint density at radius 2 is 2.00 bits per heavy atom. The molecule has 1 saturated heterocycles. The number of sulfonamides is 1. The molecule has 0 bridgehead atoms. The summed E-state index contributed by atoms with van der Waals surface area (Å²) in [5.41, 5.74) is 0. The Bertz CT molecular complexity index is 307. The highest BCUT2D eigenvalue weighted by Crippen LogP contribution is 2.08. The number of rotatable bonds is 6. The lowest BCUT2D eigenvalue weighted by atomic mass is 10.4. The van der Waals surface area contributed by atoms with Gasteiger partial charge in [-0.2, -0.15) is 0 Å². The van der Waals surface area contributed by atoms with E-state index in [2.05, 4.69) is 4.90 Å². The van der Waals surface area contributed by atoms with E-state index in [-0.39, 0.29) is 19.0 Å². The Morgan fingerprint density at radius 3 is 2.65 bits per heavy atom. The van der Waals surface area contributed by atoms with Crippen molar-refractivity contribution in [1.29, 1.82) is 0 Å². The molecule has 0 radical (unpaired) electrons. The molecule has 7 heteroatoms. The highest BCUT2D eigenvalue weighted by atomic mass is 32.2. The Balaban J connectivity index is 2.50. The molecular weight excluding hydrogens is 244 g/mol. The second-order valence-corrected chi connectivity index (χ2v) is 6.22. The van der Waals surface area contributed by atoms with Gasteiger partial charge in [0.05, 0.1) is 19.0 Å². The number of hydrogen-bond acceptors (Lipinski definition) is 5. The topological polar surface area (TPSA) is 70.1 Å². The Labute approximate surface area is 103 Å². The SMILES string of the molecule is COCCS(=O)(=O)N1CCCN(CCO)CC1. The normalized spacial score (nSPS) is 20.4. The molecule has 1 aliphatic heterocycles. The van der Waals surface area contributed by atoms with E-state index in [9.17, 15) is 8.42 Å².